The zero-order chi connectivity index (χ0) is 46.3. The van der Waals surface area contributed by atoms with Gasteiger partial charge in [-0.2, -0.15) is 0 Å². The Morgan fingerprint density at radius 2 is 1.10 bits per heavy atom. The summed E-state index contributed by atoms with van der Waals surface area (Å²) in [5, 5.41) is 12.5. The molecule has 328 valence electrons. The van der Waals surface area contributed by atoms with Crippen molar-refractivity contribution in [2.24, 2.45) is 4.99 Å². The van der Waals surface area contributed by atoms with E-state index >= 15 is 0 Å². The van der Waals surface area contributed by atoms with E-state index < -0.39 is 0 Å². The van der Waals surface area contributed by atoms with Crippen LogP contribution in [-0.2, 0) is 0 Å². The molecule has 1 unspecified atom stereocenters. The van der Waals surface area contributed by atoms with Gasteiger partial charge in [0.1, 0.15) is 0 Å². The van der Waals surface area contributed by atoms with Crippen molar-refractivity contribution in [3.8, 4) is 16.8 Å². The Bertz CT molecular complexity index is 4310. The van der Waals surface area contributed by atoms with Crippen LogP contribution in [-0.4, -0.2) is 10.3 Å². The minimum atomic E-state index is -0.282. The molecule has 0 N–H and O–H groups in total. The van der Waals surface area contributed by atoms with Gasteiger partial charge in [-0.1, -0.05) is 176 Å². The lowest BCUT2D eigenvalue weighted by Gasteiger charge is -2.20. The fourth-order valence-corrected chi connectivity index (χ4v) is 13.1. The molecular formula is C65H46N2S2. The normalized spacial score (nSPS) is 13.2. The summed E-state index contributed by atoms with van der Waals surface area (Å²) >= 11 is 3.74. The highest BCUT2D eigenvalue weighted by molar-refractivity contribution is 7.26. The van der Waals surface area contributed by atoms with Crippen LogP contribution in [0, 0.1) is 0 Å². The summed E-state index contributed by atoms with van der Waals surface area (Å²) in [6, 6.07) is 75.5. The maximum Gasteiger partial charge on any atom is 0.0962 e. The summed E-state index contributed by atoms with van der Waals surface area (Å²) in [7, 11) is 0. The van der Waals surface area contributed by atoms with Gasteiger partial charge in [-0.3, -0.25) is 4.99 Å². The van der Waals surface area contributed by atoms with Crippen LogP contribution < -0.4 is 0 Å². The second-order valence-electron chi connectivity index (χ2n) is 18.5. The third kappa shape index (κ3) is 6.77. The molecule has 69 heavy (non-hydrogen) atoms. The maximum absolute atomic E-state index is 5.90. The van der Waals surface area contributed by atoms with Crippen LogP contribution >= 0.6 is 22.7 Å². The van der Waals surface area contributed by atoms with E-state index in [-0.39, 0.29) is 6.04 Å². The van der Waals surface area contributed by atoms with Crippen molar-refractivity contribution in [2.75, 3.05) is 0 Å². The Kier molecular flexibility index (Phi) is 9.83. The molecule has 3 aromatic heterocycles. The molecule has 0 spiro atoms. The van der Waals surface area contributed by atoms with E-state index in [1.165, 1.54) is 112 Å². The average molecular weight is 919 g/mol. The smallest absolute Gasteiger partial charge is 0.0962 e. The monoisotopic (exact) mass is 918 g/mol. The number of thiophene rings is 2. The molecule has 10 aromatic carbocycles. The lowest BCUT2D eigenvalue weighted by molar-refractivity contribution is 0.853. The Balaban J connectivity index is 1.10. The molecule has 0 radical (unpaired) electrons. The highest BCUT2D eigenvalue weighted by Crippen LogP contribution is 2.46. The van der Waals surface area contributed by atoms with Crippen LogP contribution in [0.4, 0.5) is 0 Å². The molecule has 0 saturated heterocycles. The molecule has 0 bridgehead atoms. The number of rotatable bonds is 8. The summed E-state index contributed by atoms with van der Waals surface area (Å²) in [6.07, 6.45) is 0. The first-order valence-electron chi connectivity index (χ1n) is 23.7. The Morgan fingerprint density at radius 1 is 0.478 bits per heavy atom. The summed E-state index contributed by atoms with van der Waals surface area (Å²) < 4.78 is 7.64. The van der Waals surface area contributed by atoms with Crippen molar-refractivity contribution in [3.05, 3.63) is 241 Å². The molecule has 2 nitrogen and oxygen atoms in total. The number of fused-ring (bicyclic) bond motifs is 12. The van der Waals surface area contributed by atoms with Gasteiger partial charge < -0.3 is 4.57 Å². The first kappa shape index (κ1) is 41.3. The molecule has 1 atom stereocenters. The third-order valence-electron chi connectivity index (χ3n) is 14.3. The van der Waals surface area contributed by atoms with Crippen molar-refractivity contribution < 1.29 is 0 Å². The lowest BCUT2D eigenvalue weighted by atomic mass is 9.92. The van der Waals surface area contributed by atoms with Gasteiger partial charge in [-0.05, 0) is 113 Å². The quantitative estimate of drug-likeness (QED) is 0.107. The van der Waals surface area contributed by atoms with Crippen LogP contribution in [0.15, 0.2) is 229 Å². The predicted octanol–water partition coefficient (Wildman–Crippen LogP) is 19.1. The summed E-state index contributed by atoms with van der Waals surface area (Å²) in [4.78, 5) is 5.90. The Hall–Kier alpha value is -7.89. The molecule has 13 rings (SSSR count). The first-order chi connectivity index (χ1) is 33.9. The molecule has 0 amide bonds. The number of aliphatic imine (C=N–C) groups is 1. The van der Waals surface area contributed by atoms with E-state index in [1.54, 1.807) is 0 Å². The van der Waals surface area contributed by atoms with Crippen LogP contribution in [0.3, 0.4) is 0 Å². The molecule has 0 aliphatic carbocycles. The van der Waals surface area contributed by atoms with E-state index in [4.69, 9.17) is 4.99 Å². The molecule has 13 aromatic rings. The predicted molar refractivity (Wildman–Crippen MR) is 302 cm³/mol. The van der Waals surface area contributed by atoms with E-state index in [0.717, 1.165) is 28.0 Å². The van der Waals surface area contributed by atoms with E-state index in [0.29, 0.717) is 0 Å². The van der Waals surface area contributed by atoms with Crippen LogP contribution in [0.2, 0.25) is 0 Å². The average Bonchev–Trinajstić information content (AvgIpc) is 4.08. The molecule has 0 saturated carbocycles. The summed E-state index contributed by atoms with van der Waals surface area (Å²) in [5.74, 6) is 0. The zero-order valence-corrected chi connectivity index (χ0v) is 40.3. The van der Waals surface area contributed by atoms with Crippen LogP contribution in [0.5, 0.6) is 0 Å². The van der Waals surface area contributed by atoms with Gasteiger partial charge >= 0.3 is 0 Å². The van der Waals surface area contributed by atoms with Gasteiger partial charge in [0.05, 0.1) is 33.2 Å². The van der Waals surface area contributed by atoms with Gasteiger partial charge in [-0.15, -0.1) is 22.7 Å². The van der Waals surface area contributed by atoms with Gasteiger partial charge in [0.2, 0.25) is 0 Å². The van der Waals surface area contributed by atoms with Gasteiger partial charge in [-0.25, -0.2) is 0 Å². The van der Waals surface area contributed by atoms with Gasteiger partial charge in [0.15, 0.2) is 0 Å². The van der Waals surface area contributed by atoms with Gasteiger partial charge in [0.25, 0.3) is 0 Å². The number of allylic oxidation sites excluding steroid dienone is 2. The summed E-state index contributed by atoms with van der Waals surface area (Å²) in [6.45, 7) is 11.3. The minimum absolute atomic E-state index is 0.282. The van der Waals surface area contributed by atoms with Crippen molar-refractivity contribution in [3.63, 3.8) is 0 Å². The standard InChI is InChI=1S/C65H46N2S2/c1-39(2)61(47-24-16-23-44(34-47)42-18-6-5-7-19-42)66-62(54-29-17-28-53-50-26-12-14-30-59(50)68-64(53)54)41(4)40(3)48-36-56-51-27-13-15-31-60(51)69-65(56)58(38-48)67-57-37-46-22-9-8-21-45(46)35-55(57)52-33-32-43-20-10-11-25-49(43)63(52)67/h5-38,61H,1H2,2-4H3/b41-40+,66-62?. The van der Waals surface area contributed by atoms with Gasteiger partial charge in [0, 0.05) is 57.4 Å². The topological polar surface area (TPSA) is 17.3 Å². The molecule has 0 fully saturated rings. The van der Waals surface area contributed by atoms with Crippen LogP contribution in [0.1, 0.15) is 43.5 Å². The van der Waals surface area contributed by atoms with E-state index in [2.05, 4.69) is 238 Å². The molecule has 0 aliphatic rings. The SMILES string of the molecule is C=C(C)C(N=C(/C(C)=C(\C)c1cc(-n2c3cc4ccccc4cc3c3ccc4ccccc4c32)c2sc3ccccc3c2c1)c1cccc2c1sc1ccccc12)c1cccc(-c2ccccc2)c1. The molecule has 0 aliphatic heterocycles. The number of hydrogen-bond acceptors (Lipinski definition) is 3. The number of nitrogens with zero attached hydrogens (tertiary/aromatic N) is 2. The van der Waals surface area contributed by atoms with E-state index in [1.807, 2.05) is 22.7 Å². The van der Waals surface area contributed by atoms with Crippen LogP contribution in [0.25, 0.3) is 106 Å². The Morgan fingerprint density at radius 3 is 1.87 bits per heavy atom. The second kappa shape index (κ2) is 16.4. The molecule has 4 heteroatoms. The zero-order valence-electron chi connectivity index (χ0n) is 38.6. The Labute approximate surface area is 409 Å². The second-order valence-corrected chi connectivity index (χ2v) is 20.6. The maximum atomic E-state index is 5.90. The highest BCUT2D eigenvalue weighted by atomic mass is 32.1. The number of benzene rings is 10. The fourth-order valence-electron chi connectivity index (χ4n) is 10.7. The molecule has 3 heterocycles. The first-order valence-corrected chi connectivity index (χ1v) is 25.3. The van der Waals surface area contributed by atoms with Crippen molar-refractivity contribution >= 4 is 118 Å². The number of hydrogen-bond donors (Lipinski definition) is 0. The fraction of sp³-hybridized carbons (Fsp3) is 0.0615. The third-order valence-corrected chi connectivity index (χ3v) is 16.7. The number of aromatic nitrogens is 1. The van der Waals surface area contributed by atoms with Crippen molar-refractivity contribution in [1.82, 2.24) is 4.57 Å². The van der Waals surface area contributed by atoms with Crippen molar-refractivity contribution in [1.29, 1.82) is 0 Å². The van der Waals surface area contributed by atoms with Crippen molar-refractivity contribution in [2.45, 2.75) is 26.8 Å². The molecular weight excluding hydrogens is 873 g/mol. The summed E-state index contributed by atoms with van der Waals surface area (Å²) in [5.41, 5.74) is 13.7. The largest absolute Gasteiger partial charge is 0.307 e. The highest BCUT2D eigenvalue weighted by Gasteiger charge is 2.24. The van der Waals surface area contributed by atoms with E-state index in [9.17, 15) is 0 Å². The minimum Gasteiger partial charge on any atom is -0.307 e. The lowest BCUT2D eigenvalue weighted by Crippen LogP contribution is -2.10.